The highest BCUT2D eigenvalue weighted by molar-refractivity contribution is 7.92. The predicted octanol–water partition coefficient (Wildman–Crippen LogP) is -0.0457. The van der Waals surface area contributed by atoms with Gasteiger partial charge in [-0.3, -0.25) is 4.79 Å². The number of hydrogen-bond acceptors (Lipinski definition) is 5. The van der Waals surface area contributed by atoms with E-state index >= 15 is 0 Å². The van der Waals surface area contributed by atoms with Gasteiger partial charge in [-0.1, -0.05) is 30.3 Å². The first-order chi connectivity index (χ1) is 10.8. The van der Waals surface area contributed by atoms with Crippen LogP contribution in [-0.4, -0.2) is 67.6 Å². The van der Waals surface area contributed by atoms with Crippen LogP contribution in [0.25, 0.3) is 0 Å². The molecule has 0 unspecified atom stereocenters. The molecule has 0 aliphatic carbocycles. The first-order valence-corrected chi connectivity index (χ1v) is 9.10. The Labute approximate surface area is 134 Å². The molecule has 2 rings (SSSR count). The molecule has 1 fully saturated rings. The SMILES string of the molecule is CS(=O)(=O)[C@H](Cc1ccccc1)C(=O)N1CCO[C@@H](C(=O)O)C1. The Morgan fingerprint density at radius 1 is 1.35 bits per heavy atom. The zero-order chi connectivity index (χ0) is 17.0. The van der Waals surface area contributed by atoms with Crippen LogP contribution in [0, 0.1) is 0 Å². The molecule has 0 saturated carbocycles. The topological polar surface area (TPSA) is 101 Å². The number of rotatable bonds is 5. The van der Waals surface area contributed by atoms with Crippen molar-refractivity contribution in [2.24, 2.45) is 0 Å². The molecule has 8 heteroatoms. The lowest BCUT2D eigenvalue weighted by molar-refractivity contribution is -0.159. The number of hydrogen-bond donors (Lipinski definition) is 1. The molecule has 7 nitrogen and oxygen atoms in total. The standard InChI is InChI=1S/C15H19NO6S/c1-23(20,21)13(9-11-5-3-2-4-6-11)14(17)16-7-8-22-12(10-16)15(18)19/h2-6,12-13H,7-10H2,1H3,(H,18,19)/t12-,13-/m1/s1. The van der Waals surface area contributed by atoms with E-state index in [0.29, 0.717) is 0 Å². The summed E-state index contributed by atoms with van der Waals surface area (Å²) in [6.07, 6.45) is -0.0362. The number of ether oxygens (including phenoxy) is 1. The highest BCUT2D eigenvalue weighted by Crippen LogP contribution is 2.15. The molecular formula is C15H19NO6S. The van der Waals surface area contributed by atoms with Gasteiger partial charge in [-0.15, -0.1) is 0 Å². The number of carbonyl (C=O) groups is 2. The normalized spacial score (nSPS) is 20.0. The van der Waals surface area contributed by atoms with Crippen molar-refractivity contribution in [3.8, 4) is 0 Å². The van der Waals surface area contributed by atoms with Crippen LogP contribution in [0.3, 0.4) is 0 Å². The highest BCUT2D eigenvalue weighted by atomic mass is 32.2. The maximum Gasteiger partial charge on any atom is 0.334 e. The molecule has 1 aliphatic heterocycles. The van der Waals surface area contributed by atoms with E-state index in [9.17, 15) is 18.0 Å². The monoisotopic (exact) mass is 341 g/mol. The third-order valence-electron chi connectivity index (χ3n) is 3.71. The van der Waals surface area contributed by atoms with Gasteiger partial charge in [-0.05, 0) is 12.0 Å². The van der Waals surface area contributed by atoms with E-state index in [4.69, 9.17) is 9.84 Å². The Balaban J connectivity index is 2.19. The van der Waals surface area contributed by atoms with E-state index < -0.39 is 33.1 Å². The van der Waals surface area contributed by atoms with E-state index in [1.54, 1.807) is 30.3 Å². The molecule has 126 valence electrons. The summed E-state index contributed by atoms with van der Waals surface area (Å²) in [5, 5.41) is 7.77. The molecule has 1 N–H and O–H groups in total. The Morgan fingerprint density at radius 2 is 2.00 bits per heavy atom. The minimum atomic E-state index is -3.63. The summed E-state index contributed by atoms with van der Waals surface area (Å²) in [6, 6.07) is 8.86. The molecular weight excluding hydrogens is 322 g/mol. The largest absolute Gasteiger partial charge is 0.479 e. The van der Waals surface area contributed by atoms with Crippen LogP contribution >= 0.6 is 0 Å². The van der Waals surface area contributed by atoms with Crippen LogP contribution in [0.5, 0.6) is 0 Å². The Hall–Kier alpha value is -1.93. The fourth-order valence-electron chi connectivity index (χ4n) is 2.45. The summed E-state index contributed by atoms with van der Waals surface area (Å²) in [6.45, 7) is 0.114. The molecule has 23 heavy (non-hydrogen) atoms. The molecule has 0 radical (unpaired) electrons. The van der Waals surface area contributed by atoms with E-state index in [-0.39, 0.29) is 26.1 Å². The molecule has 0 spiro atoms. The zero-order valence-corrected chi connectivity index (χ0v) is 13.5. The number of carboxylic acids is 1. The summed E-state index contributed by atoms with van der Waals surface area (Å²) in [4.78, 5) is 24.9. The van der Waals surface area contributed by atoms with Gasteiger partial charge in [0.05, 0.1) is 13.2 Å². The van der Waals surface area contributed by atoms with Crippen molar-refractivity contribution in [2.45, 2.75) is 17.8 Å². The van der Waals surface area contributed by atoms with E-state index in [0.717, 1.165) is 11.8 Å². The summed E-state index contributed by atoms with van der Waals surface area (Å²) in [5.74, 6) is -1.74. The van der Waals surface area contributed by atoms with Crippen LogP contribution in [0.1, 0.15) is 5.56 Å². The summed E-state index contributed by atoms with van der Waals surface area (Å²) in [7, 11) is -3.63. The maximum absolute atomic E-state index is 12.6. The molecule has 0 aromatic heterocycles. The third kappa shape index (κ3) is 4.52. The fourth-order valence-corrected chi connectivity index (χ4v) is 3.46. The van der Waals surface area contributed by atoms with Gasteiger partial charge in [-0.25, -0.2) is 13.2 Å². The van der Waals surface area contributed by atoms with Gasteiger partial charge in [0.2, 0.25) is 5.91 Å². The highest BCUT2D eigenvalue weighted by Gasteiger charge is 2.36. The van der Waals surface area contributed by atoms with Gasteiger partial charge in [-0.2, -0.15) is 0 Å². The fraction of sp³-hybridized carbons (Fsp3) is 0.467. The average molecular weight is 341 g/mol. The second-order valence-electron chi connectivity index (χ2n) is 5.49. The molecule has 2 atom stereocenters. The van der Waals surface area contributed by atoms with Gasteiger partial charge in [0.25, 0.3) is 0 Å². The van der Waals surface area contributed by atoms with Gasteiger partial charge in [0.15, 0.2) is 15.9 Å². The molecule has 1 heterocycles. The number of nitrogens with zero attached hydrogens (tertiary/aromatic N) is 1. The van der Waals surface area contributed by atoms with Crippen LogP contribution < -0.4 is 0 Å². The predicted molar refractivity (Wildman–Crippen MR) is 82.7 cm³/mol. The van der Waals surface area contributed by atoms with E-state index in [2.05, 4.69) is 0 Å². The van der Waals surface area contributed by atoms with Crippen LogP contribution in [0.15, 0.2) is 30.3 Å². The number of amides is 1. The molecule has 1 aromatic carbocycles. The van der Waals surface area contributed by atoms with Crippen molar-refractivity contribution in [2.75, 3.05) is 26.0 Å². The number of carbonyl (C=O) groups excluding carboxylic acids is 1. The molecule has 1 aromatic rings. The van der Waals surface area contributed by atoms with Crippen molar-refractivity contribution < 1.29 is 27.9 Å². The molecule has 0 bridgehead atoms. The van der Waals surface area contributed by atoms with Crippen molar-refractivity contribution in [3.05, 3.63) is 35.9 Å². The van der Waals surface area contributed by atoms with Gasteiger partial charge >= 0.3 is 5.97 Å². The first kappa shape index (κ1) is 17.4. The number of carboxylic acid groups (broad SMARTS) is 1. The van der Waals surface area contributed by atoms with Gasteiger partial charge in [0.1, 0.15) is 5.25 Å². The number of sulfone groups is 1. The maximum atomic E-state index is 12.6. The van der Waals surface area contributed by atoms with E-state index in [1.165, 1.54) is 4.90 Å². The lowest BCUT2D eigenvalue weighted by Gasteiger charge is -2.33. The minimum Gasteiger partial charge on any atom is -0.479 e. The average Bonchev–Trinajstić information content (AvgIpc) is 2.52. The molecule has 1 aliphatic rings. The zero-order valence-electron chi connectivity index (χ0n) is 12.7. The van der Waals surface area contributed by atoms with Crippen LogP contribution in [0.2, 0.25) is 0 Å². The van der Waals surface area contributed by atoms with Crippen molar-refractivity contribution in [1.82, 2.24) is 4.90 Å². The van der Waals surface area contributed by atoms with Crippen LogP contribution in [0.4, 0.5) is 0 Å². The summed E-state index contributed by atoms with van der Waals surface area (Å²) < 4.78 is 29.1. The van der Waals surface area contributed by atoms with Gasteiger partial charge in [0, 0.05) is 12.8 Å². The van der Waals surface area contributed by atoms with Crippen molar-refractivity contribution >= 4 is 21.7 Å². The molecule has 1 amide bonds. The quantitative estimate of drug-likeness (QED) is 0.806. The smallest absolute Gasteiger partial charge is 0.334 e. The number of aliphatic carboxylic acids is 1. The minimum absolute atomic E-state index is 0.0631. The second-order valence-corrected chi connectivity index (χ2v) is 7.72. The Bertz CT molecular complexity index is 672. The van der Waals surface area contributed by atoms with Crippen LogP contribution in [-0.2, 0) is 30.6 Å². The Morgan fingerprint density at radius 3 is 2.57 bits per heavy atom. The summed E-state index contributed by atoms with van der Waals surface area (Å²) in [5.41, 5.74) is 0.735. The third-order valence-corrected chi connectivity index (χ3v) is 5.11. The second kappa shape index (κ2) is 7.10. The van der Waals surface area contributed by atoms with E-state index in [1.807, 2.05) is 0 Å². The van der Waals surface area contributed by atoms with Crippen molar-refractivity contribution in [3.63, 3.8) is 0 Å². The Kier molecular flexibility index (Phi) is 5.38. The first-order valence-electron chi connectivity index (χ1n) is 7.15. The van der Waals surface area contributed by atoms with Crippen molar-refractivity contribution in [1.29, 1.82) is 0 Å². The number of benzene rings is 1. The lowest BCUT2D eigenvalue weighted by Crippen LogP contribution is -2.53. The van der Waals surface area contributed by atoms with Gasteiger partial charge < -0.3 is 14.7 Å². The summed E-state index contributed by atoms with van der Waals surface area (Å²) >= 11 is 0. The molecule has 1 saturated heterocycles. The number of morpholine rings is 1. The lowest BCUT2D eigenvalue weighted by atomic mass is 10.1.